The number of aromatic nitrogens is 1. The molecule has 1 atom stereocenters. The van der Waals surface area contributed by atoms with Crippen LogP contribution in [0.4, 0.5) is 5.82 Å². The van der Waals surface area contributed by atoms with Crippen LogP contribution in [-0.4, -0.2) is 18.1 Å². The molecule has 0 aromatic carbocycles. The van der Waals surface area contributed by atoms with E-state index in [1.807, 2.05) is 19.2 Å². The monoisotopic (exact) mass is 261 g/mol. The van der Waals surface area contributed by atoms with Gasteiger partial charge >= 0.3 is 0 Å². The summed E-state index contributed by atoms with van der Waals surface area (Å²) in [5.74, 6) is 1.06. The summed E-state index contributed by atoms with van der Waals surface area (Å²) in [6, 6.07) is 4.70. The van der Waals surface area contributed by atoms with Crippen LogP contribution in [0.5, 0.6) is 0 Å². The molecule has 1 aliphatic rings. The molecular formula is C16H27N3. The number of hydrogen-bond acceptors (Lipinski definition) is 3. The second-order valence-corrected chi connectivity index (χ2v) is 6.71. The Morgan fingerprint density at radius 3 is 2.58 bits per heavy atom. The predicted octanol–water partition coefficient (Wildman–Crippen LogP) is 3.51. The molecule has 1 saturated carbocycles. The van der Waals surface area contributed by atoms with E-state index in [-0.39, 0.29) is 6.04 Å². The van der Waals surface area contributed by atoms with Crippen molar-refractivity contribution in [3.8, 4) is 0 Å². The standard InChI is InChI=1S/C16H27N3/c1-12(17)14-6-5-11-18-15(14)19(4)13-7-9-16(2,3)10-8-13/h5-6,11-13H,7-10,17H2,1-4H3/t12-/m0/s1. The van der Waals surface area contributed by atoms with Crippen molar-refractivity contribution in [1.29, 1.82) is 0 Å². The Labute approximate surface area is 117 Å². The average molecular weight is 261 g/mol. The van der Waals surface area contributed by atoms with Gasteiger partial charge in [0.25, 0.3) is 0 Å². The van der Waals surface area contributed by atoms with Crippen molar-refractivity contribution in [3.05, 3.63) is 23.9 Å². The Kier molecular flexibility index (Phi) is 4.14. The van der Waals surface area contributed by atoms with E-state index in [4.69, 9.17) is 5.73 Å². The van der Waals surface area contributed by atoms with E-state index in [9.17, 15) is 0 Å². The number of rotatable bonds is 3. The molecule has 2 N–H and O–H groups in total. The van der Waals surface area contributed by atoms with Gasteiger partial charge in [0.1, 0.15) is 5.82 Å². The Morgan fingerprint density at radius 1 is 1.37 bits per heavy atom. The lowest BCUT2D eigenvalue weighted by Gasteiger charge is -2.39. The van der Waals surface area contributed by atoms with Gasteiger partial charge in [-0.3, -0.25) is 0 Å². The van der Waals surface area contributed by atoms with Crippen molar-refractivity contribution in [3.63, 3.8) is 0 Å². The van der Waals surface area contributed by atoms with Crippen molar-refractivity contribution < 1.29 is 0 Å². The van der Waals surface area contributed by atoms with E-state index >= 15 is 0 Å². The zero-order chi connectivity index (χ0) is 14.0. The van der Waals surface area contributed by atoms with Crippen LogP contribution < -0.4 is 10.6 Å². The summed E-state index contributed by atoms with van der Waals surface area (Å²) >= 11 is 0. The lowest BCUT2D eigenvalue weighted by atomic mass is 9.75. The van der Waals surface area contributed by atoms with Crippen molar-refractivity contribution in [2.75, 3.05) is 11.9 Å². The molecular weight excluding hydrogens is 234 g/mol. The minimum Gasteiger partial charge on any atom is -0.356 e. The lowest BCUT2D eigenvalue weighted by Crippen LogP contribution is -2.38. The normalized spacial score (nSPS) is 21.1. The van der Waals surface area contributed by atoms with E-state index < -0.39 is 0 Å². The highest BCUT2D eigenvalue weighted by Crippen LogP contribution is 2.38. The molecule has 2 rings (SSSR count). The quantitative estimate of drug-likeness (QED) is 0.905. The van der Waals surface area contributed by atoms with E-state index in [0.29, 0.717) is 11.5 Å². The molecule has 106 valence electrons. The third kappa shape index (κ3) is 3.27. The van der Waals surface area contributed by atoms with Gasteiger partial charge < -0.3 is 10.6 Å². The minimum atomic E-state index is 0.0335. The van der Waals surface area contributed by atoms with Gasteiger partial charge in [-0.05, 0) is 44.1 Å². The first kappa shape index (κ1) is 14.3. The molecule has 0 amide bonds. The molecule has 0 bridgehead atoms. The molecule has 0 unspecified atom stereocenters. The van der Waals surface area contributed by atoms with E-state index in [1.54, 1.807) is 0 Å². The topological polar surface area (TPSA) is 42.1 Å². The highest BCUT2D eigenvalue weighted by Gasteiger charge is 2.30. The number of nitrogens with two attached hydrogens (primary N) is 1. The Hall–Kier alpha value is -1.09. The number of nitrogens with zero attached hydrogens (tertiary/aromatic N) is 2. The first-order chi connectivity index (χ1) is 8.91. The van der Waals surface area contributed by atoms with Crippen LogP contribution in [0.25, 0.3) is 0 Å². The maximum Gasteiger partial charge on any atom is 0.133 e. The first-order valence-corrected chi connectivity index (χ1v) is 7.34. The van der Waals surface area contributed by atoms with Crippen molar-refractivity contribution >= 4 is 5.82 Å². The molecule has 1 heterocycles. The molecule has 0 radical (unpaired) electrons. The lowest BCUT2D eigenvalue weighted by molar-refractivity contribution is 0.222. The van der Waals surface area contributed by atoms with Gasteiger partial charge in [0, 0.05) is 30.9 Å². The smallest absolute Gasteiger partial charge is 0.133 e. The second-order valence-electron chi connectivity index (χ2n) is 6.71. The Balaban J connectivity index is 2.14. The largest absolute Gasteiger partial charge is 0.356 e. The fourth-order valence-corrected chi connectivity index (χ4v) is 3.00. The van der Waals surface area contributed by atoms with Gasteiger partial charge in [-0.25, -0.2) is 4.98 Å². The van der Waals surface area contributed by atoms with Crippen molar-refractivity contribution in [2.45, 2.75) is 58.5 Å². The van der Waals surface area contributed by atoms with Crippen molar-refractivity contribution in [1.82, 2.24) is 4.98 Å². The van der Waals surface area contributed by atoms with Crippen molar-refractivity contribution in [2.24, 2.45) is 11.1 Å². The number of pyridine rings is 1. The molecule has 0 saturated heterocycles. The van der Waals surface area contributed by atoms with E-state index in [2.05, 4.69) is 36.8 Å². The van der Waals surface area contributed by atoms with E-state index in [0.717, 1.165) is 11.4 Å². The van der Waals surface area contributed by atoms with Gasteiger partial charge in [0.05, 0.1) is 0 Å². The summed E-state index contributed by atoms with van der Waals surface area (Å²) < 4.78 is 0. The van der Waals surface area contributed by atoms with Gasteiger partial charge in [-0.2, -0.15) is 0 Å². The Bertz CT molecular complexity index is 416. The van der Waals surface area contributed by atoms with Gasteiger partial charge in [-0.1, -0.05) is 19.9 Å². The first-order valence-electron chi connectivity index (χ1n) is 7.34. The Morgan fingerprint density at radius 2 is 2.00 bits per heavy atom. The third-order valence-corrected chi connectivity index (χ3v) is 4.50. The maximum atomic E-state index is 6.06. The van der Waals surface area contributed by atoms with Crippen LogP contribution in [0, 0.1) is 5.41 Å². The summed E-state index contributed by atoms with van der Waals surface area (Å²) in [5, 5.41) is 0. The zero-order valence-electron chi connectivity index (χ0n) is 12.7. The highest BCUT2D eigenvalue weighted by molar-refractivity contribution is 5.48. The van der Waals surface area contributed by atoms with Crippen LogP contribution in [0.1, 0.15) is 58.1 Å². The third-order valence-electron chi connectivity index (χ3n) is 4.50. The summed E-state index contributed by atoms with van der Waals surface area (Å²) in [4.78, 5) is 6.90. The molecule has 0 spiro atoms. The maximum absolute atomic E-state index is 6.06. The van der Waals surface area contributed by atoms with Crippen LogP contribution in [-0.2, 0) is 0 Å². The van der Waals surface area contributed by atoms with Crippen LogP contribution >= 0.6 is 0 Å². The van der Waals surface area contributed by atoms with Gasteiger partial charge in [0.15, 0.2) is 0 Å². The number of hydrogen-bond donors (Lipinski definition) is 1. The fourth-order valence-electron chi connectivity index (χ4n) is 3.00. The molecule has 1 aromatic rings. The molecule has 1 aliphatic carbocycles. The highest BCUT2D eigenvalue weighted by atomic mass is 15.2. The molecule has 19 heavy (non-hydrogen) atoms. The SMILES string of the molecule is C[C@H](N)c1cccnc1N(C)C1CCC(C)(C)CC1. The molecule has 1 fully saturated rings. The number of anilines is 1. The summed E-state index contributed by atoms with van der Waals surface area (Å²) in [6.45, 7) is 6.77. The molecule has 3 nitrogen and oxygen atoms in total. The van der Waals surface area contributed by atoms with Crippen LogP contribution in [0.3, 0.4) is 0 Å². The summed E-state index contributed by atoms with van der Waals surface area (Å²) in [5.41, 5.74) is 7.71. The fraction of sp³-hybridized carbons (Fsp3) is 0.688. The van der Waals surface area contributed by atoms with E-state index in [1.165, 1.54) is 25.7 Å². The van der Waals surface area contributed by atoms with Crippen LogP contribution in [0.2, 0.25) is 0 Å². The molecule has 3 heteroatoms. The average Bonchev–Trinajstić information content (AvgIpc) is 2.38. The van der Waals surface area contributed by atoms with Gasteiger partial charge in [0.2, 0.25) is 0 Å². The molecule has 1 aromatic heterocycles. The summed E-state index contributed by atoms with van der Waals surface area (Å²) in [7, 11) is 2.16. The summed E-state index contributed by atoms with van der Waals surface area (Å²) in [6.07, 6.45) is 6.95. The molecule has 0 aliphatic heterocycles. The minimum absolute atomic E-state index is 0.0335. The van der Waals surface area contributed by atoms with Crippen LogP contribution in [0.15, 0.2) is 18.3 Å². The van der Waals surface area contributed by atoms with Gasteiger partial charge in [-0.15, -0.1) is 0 Å². The predicted molar refractivity (Wildman–Crippen MR) is 81.3 cm³/mol. The zero-order valence-corrected chi connectivity index (χ0v) is 12.7. The second kappa shape index (κ2) is 5.49.